The fraction of sp³-hybridized carbons (Fsp3) is 0.267. The van der Waals surface area contributed by atoms with Crippen LogP contribution in [0.3, 0.4) is 0 Å². The van der Waals surface area contributed by atoms with E-state index >= 15 is 0 Å². The van der Waals surface area contributed by atoms with E-state index in [1.54, 1.807) is 0 Å². The van der Waals surface area contributed by atoms with E-state index in [1.807, 2.05) is 29.5 Å². The number of aromatic amines is 1. The van der Waals surface area contributed by atoms with E-state index in [2.05, 4.69) is 40.4 Å². The molecule has 3 aromatic rings. The van der Waals surface area contributed by atoms with Gasteiger partial charge >= 0.3 is 0 Å². The van der Waals surface area contributed by atoms with Gasteiger partial charge in [0.05, 0.1) is 11.0 Å². The van der Waals surface area contributed by atoms with Crippen LogP contribution < -0.4 is 5.32 Å². The van der Waals surface area contributed by atoms with Crippen LogP contribution in [0, 0.1) is 6.92 Å². The fourth-order valence-electron chi connectivity index (χ4n) is 2.12. The van der Waals surface area contributed by atoms with Crippen molar-refractivity contribution in [2.24, 2.45) is 0 Å². The van der Waals surface area contributed by atoms with Crippen molar-refractivity contribution in [1.29, 1.82) is 0 Å². The Bertz CT molecular complexity index is 636. The number of benzene rings is 1. The van der Waals surface area contributed by atoms with Crippen LogP contribution in [0.5, 0.6) is 0 Å². The van der Waals surface area contributed by atoms with Gasteiger partial charge in [-0.25, -0.2) is 4.98 Å². The highest BCUT2D eigenvalue weighted by Gasteiger charge is 2.01. The molecule has 0 unspecified atom stereocenters. The number of imidazole rings is 1. The van der Waals surface area contributed by atoms with Crippen molar-refractivity contribution in [3.8, 4) is 0 Å². The number of hydrogen-bond acceptors (Lipinski definition) is 3. The van der Waals surface area contributed by atoms with Gasteiger partial charge in [0.15, 0.2) is 0 Å². The zero-order valence-corrected chi connectivity index (χ0v) is 11.8. The summed E-state index contributed by atoms with van der Waals surface area (Å²) in [6, 6.07) is 12.5. The van der Waals surface area contributed by atoms with Crippen LogP contribution in [0.1, 0.15) is 15.6 Å². The molecule has 0 saturated heterocycles. The Hall–Kier alpha value is -1.65. The molecule has 0 amide bonds. The van der Waals surface area contributed by atoms with Crippen LogP contribution in [-0.2, 0) is 13.0 Å². The van der Waals surface area contributed by atoms with E-state index in [0.717, 1.165) is 36.4 Å². The van der Waals surface area contributed by atoms with Gasteiger partial charge in [0.1, 0.15) is 5.82 Å². The van der Waals surface area contributed by atoms with Gasteiger partial charge < -0.3 is 10.3 Å². The van der Waals surface area contributed by atoms with E-state index in [9.17, 15) is 0 Å². The summed E-state index contributed by atoms with van der Waals surface area (Å²) < 4.78 is 0. The molecule has 0 fully saturated rings. The molecule has 0 spiro atoms. The largest absolute Gasteiger partial charge is 0.342 e. The lowest BCUT2D eigenvalue weighted by atomic mass is 10.3. The van der Waals surface area contributed by atoms with Crippen molar-refractivity contribution in [2.45, 2.75) is 19.9 Å². The predicted molar refractivity (Wildman–Crippen MR) is 80.6 cm³/mol. The minimum absolute atomic E-state index is 0.930. The molecule has 0 atom stereocenters. The SMILES string of the molecule is Cc1ccc(CNCCc2nc3ccccc3[nH]2)s1. The van der Waals surface area contributed by atoms with Crippen LogP contribution in [0.2, 0.25) is 0 Å². The summed E-state index contributed by atoms with van der Waals surface area (Å²) in [6.07, 6.45) is 0.930. The summed E-state index contributed by atoms with van der Waals surface area (Å²) >= 11 is 1.85. The molecule has 1 aromatic carbocycles. The molecule has 2 N–H and O–H groups in total. The Kier molecular flexibility index (Phi) is 3.62. The van der Waals surface area contributed by atoms with Gasteiger partial charge in [-0.1, -0.05) is 12.1 Å². The summed E-state index contributed by atoms with van der Waals surface area (Å²) in [4.78, 5) is 10.7. The van der Waals surface area contributed by atoms with Gasteiger partial charge in [-0.05, 0) is 31.2 Å². The van der Waals surface area contributed by atoms with Crippen LogP contribution in [0.15, 0.2) is 36.4 Å². The lowest BCUT2D eigenvalue weighted by Crippen LogP contribution is -2.16. The molecule has 0 saturated carbocycles. The van der Waals surface area contributed by atoms with Crippen LogP contribution >= 0.6 is 11.3 Å². The first-order chi connectivity index (χ1) is 9.31. The van der Waals surface area contributed by atoms with Gasteiger partial charge in [-0.3, -0.25) is 0 Å². The molecule has 0 aliphatic carbocycles. The highest BCUT2D eigenvalue weighted by atomic mass is 32.1. The third kappa shape index (κ3) is 3.03. The van der Waals surface area contributed by atoms with E-state index in [0.29, 0.717) is 0 Å². The summed E-state index contributed by atoms with van der Waals surface area (Å²) in [6.45, 7) is 4.03. The Morgan fingerprint density at radius 2 is 2.11 bits per heavy atom. The quantitative estimate of drug-likeness (QED) is 0.699. The lowest BCUT2D eigenvalue weighted by Gasteiger charge is -2.00. The topological polar surface area (TPSA) is 40.7 Å². The molecule has 2 aromatic heterocycles. The molecule has 0 bridgehead atoms. The van der Waals surface area contributed by atoms with Gasteiger partial charge in [0, 0.05) is 29.3 Å². The molecule has 4 heteroatoms. The van der Waals surface area contributed by atoms with E-state index in [1.165, 1.54) is 9.75 Å². The third-order valence-electron chi connectivity index (χ3n) is 3.07. The standard InChI is InChI=1S/C15H17N3S/c1-11-6-7-12(19-11)10-16-9-8-15-17-13-4-2-3-5-14(13)18-15/h2-7,16H,8-10H2,1H3,(H,17,18). The van der Waals surface area contributed by atoms with E-state index < -0.39 is 0 Å². The molecular formula is C15H17N3S. The van der Waals surface area contributed by atoms with Crippen LogP contribution in [0.25, 0.3) is 11.0 Å². The molecule has 0 aliphatic rings. The number of rotatable bonds is 5. The summed E-state index contributed by atoms with van der Waals surface area (Å²) in [5.41, 5.74) is 2.16. The average molecular weight is 271 g/mol. The molecule has 98 valence electrons. The van der Waals surface area contributed by atoms with Gasteiger partial charge in [0.25, 0.3) is 0 Å². The first-order valence-corrected chi connectivity index (χ1v) is 7.32. The zero-order valence-electron chi connectivity index (χ0n) is 10.9. The summed E-state index contributed by atoms with van der Waals surface area (Å²) in [5, 5.41) is 3.46. The van der Waals surface area contributed by atoms with Crippen molar-refractivity contribution < 1.29 is 0 Å². The van der Waals surface area contributed by atoms with Crippen molar-refractivity contribution in [1.82, 2.24) is 15.3 Å². The monoisotopic (exact) mass is 271 g/mol. The predicted octanol–water partition coefficient (Wildman–Crippen LogP) is 3.27. The van der Waals surface area contributed by atoms with Crippen molar-refractivity contribution in [3.05, 3.63) is 52.0 Å². The van der Waals surface area contributed by atoms with Crippen LogP contribution in [0.4, 0.5) is 0 Å². The first kappa shape index (κ1) is 12.4. The van der Waals surface area contributed by atoms with E-state index in [4.69, 9.17) is 0 Å². The zero-order chi connectivity index (χ0) is 13.1. The number of hydrogen-bond donors (Lipinski definition) is 2. The Labute approximate surface area is 116 Å². The molecule has 19 heavy (non-hydrogen) atoms. The minimum Gasteiger partial charge on any atom is -0.342 e. The number of nitrogens with one attached hydrogen (secondary N) is 2. The highest BCUT2D eigenvalue weighted by Crippen LogP contribution is 2.14. The summed E-state index contributed by atoms with van der Waals surface area (Å²) in [5.74, 6) is 1.05. The highest BCUT2D eigenvalue weighted by molar-refractivity contribution is 7.11. The molecule has 2 heterocycles. The second kappa shape index (κ2) is 5.55. The first-order valence-electron chi connectivity index (χ1n) is 6.51. The molecule has 0 aliphatic heterocycles. The molecule has 0 radical (unpaired) electrons. The number of thiophene rings is 1. The van der Waals surface area contributed by atoms with Gasteiger partial charge in [-0.2, -0.15) is 0 Å². The van der Waals surface area contributed by atoms with E-state index in [-0.39, 0.29) is 0 Å². The minimum atomic E-state index is 0.930. The number of fused-ring (bicyclic) bond motifs is 1. The Balaban J connectivity index is 1.52. The maximum atomic E-state index is 4.57. The second-order valence-electron chi connectivity index (χ2n) is 4.64. The second-order valence-corrected chi connectivity index (χ2v) is 6.01. The summed E-state index contributed by atoms with van der Waals surface area (Å²) in [7, 11) is 0. The van der Waals surface area contributed by atoms with Crippen molar-refractivity contribution >= 4 is 22.4 Å². The Morgan fingerprint density at radius 3 is 2.89 bits per heavy atom. The van der Waals surface area contributed by atoms with Crippen LogP contribution in [-0.4, -0.2) is 16.5 Å². The average Bonchev–Trinajstić information content (AvgIpc) is 3.00. The smallest absolute Gasteiger partial charge is 0.108 e. The molecular weight excluding hydrogens is 254 g/mol. The normalized spacial score (nSPS) is 11.2. The number of aryl methyl sites for hydroxylation is 1. The Morgan fingerprint density at radius 1 is 1.21 bits per heavy atom. The van der Waals surface area contributed by atoms with Crippen molar-refractivity contribution in [3.63, 3.8) is 0 Å². The number of aromatic nitrogens is 2. The van der Waals surface area contributed by atoms with Crippen molar-refractivity contribution in [2.75, 3.05) is 6.54 Å². The van der Waals surface area contributed by atoms with Gasteiger partial charge in [-0.15, -0.1) is 11.3 Å². The maximum absolute atomic E-state index is 4.57. The van der Waals surface area contributed by atoms with Gasteiger partial charge in [0.2, 0.25) is 0 Å². The third-order valence-corrected chi connectivity index (χ3v) is 4.07. The fourth-order valence-corrected chi connectivity index (χ4v) is 2.98. The number of para-hydroxylation sites is 2. The number of nitrogens with zero attached hydrogens (tertiary/aromatic N) is 1. The lowest BCUT2D eigenvalue weighted by molar-refractivity contribution is 0.681. The molecule has 3 rings (SSSR count). The maximum Gasteiger partial charge on any atom is 0.108 e. The molecule has 3 nitrogen and oxygen atoms in total. The number of H-pyrrole nitrogens is 1.